The third-order valence-corrected chi connectivity index (χ3v) is 2.21. The molecule has 5 nitrogen and oxygen atoms in total. The first-order chi connectivity index (χ1) is 8.25. The molecule has 0 bridgehead atoms. The van der Waals surface area contributed by atoms with Crippen LogP contribution in [0.2, 0.25) is 0 Å². The molecule has 0 saturated heterocycles. The molecule has 17 heavy (non-hydrogen) atoms. The zero-order valence-corrected chi connectivity index (χ0v) is 9.97. The average molecular weight is 232 g/mol. The molecule has 5 heteroatoms. The summed E-state index contributed by atoms with van der Waals surface area (Å²) in [4.78, 5) is 4.23. The number of aromatic nitrogens is 3. The van der Waals surface area contributed by atoms with Gasteiger partial charge in [-0.15, -0.1) is 5.10 Å². The first kappa shape index (κ1) is 11.6. The van der Waals surface area contributed by atoms with E-state index in [1.165, 1.54) is 0 Å². The minimum atomic E-state index is 0.393. The Balaban J connectivity index is 1.97. The molecule has 0 aliphatic rings. The lowest BCUT2D eigenvalue weighted by Gasteiger charge is -2.07. The maximum atomic E-state index is 5.44. The summed E-state index contributed by atoms with van der Waals surface area (Å²) >= 11 is 0. The maximum absolute atomic E-state index is 5.44. The molecule has 2 N–H and O–H groups in total. The highest BCUT2D eigenvalue weighted by atomic mass is 16.5. The summed E-state index contributed by atoms with van der Waals surface area (Å²) in [6.07, 6.45) is 1.75. The molecular weight excluding hydrogens is 216 g/mol. The van der Waals surface area contributed by atoms with Crippen molar-refractivity contribution in [2.45, 2.75) is 19.9 Å². The van der Waals surface area contributed by atoms with Gasteiger partial charge in [-0.2, -0.15) is 0 Å². The van der Waals surface area contributed by atoms with Crippen molar-refractivity contribution in [2.75, 3.05) is 6.73 Å². The van der Waals surface area contributed by atoms with E-state index in [2.05, 4.69) is 34.3 Å². The lowest BCUT2D eigenvalue weighted by Crippen LogP contribution is -2.27. The number of hydrogen-bond donors (Lipinski definition) is 2. The molecule has 0 aromatic carbocycles. The monoisotopic (exact) mass is 232 g/mol. The van der Waals surface area contributed by atoms with E-state index in [4.69, 9.17) is 4.74 Å². The summed E-state index contributed by atoms with van der Waals surface area (Å²) in [5.41, 5.74) is 1.71. The Morgan fingerprint density at radius 3 is 3.00 bits per heavy atom. The van der Waals surface area contributed by atoms with Crippen LogP contribution in [0, 0.1) is 0 Å². The molecule has 2 heterocycles. The smallest absolute Gasteiger partial charge is 0.234 e. The predicted octanol–water partition coefficient (Wildman–Crippen LogP) is 1.81. The van der Waals surface area contributed by atoms with Crippen molar-refractivity contribution in [1.82, 2.24) is 20.5 Å². The normalized spacial score (nSPS) is 10.8. The molecule has 0 aliphatic heterocycles. The summed E-state index contributed by atoms with van der Waals surface area (Å²) in [5, 5.41) is 10.1. The fraction of sp³-hybridized carbons (Fsp3) is 0.333. The van der Waals surface area contributed by atoms with Crippen molar-refractivity contribution in [3.05, 3.63) is 30.5 Å². The number of H-pyrrole nitrogens is 1. The van der Waals surface area contributed by atoms with Gasteiger partial charge >= 0.3 is 0 Å². The molecule has 0 saturated carbocycles. The molecular formula is C12H16N4O. The molecule has 0 aliphatic carbocycles. The average Bonchev–Trinajstić information content (AvgIpc) is 2.78. The van der Waals surface area contributed by atoms with Crippen LogP contribution in [0.25, 0.3) is 11.4 Å². The highest BCUT2D eigenvalue weighted by Crippen LogP contribution is 2.17. The van der Waals surface area contributed by atoms with Crippen molar-refractivity contribution >= 4 is 0 Å². The molecule has 2 rings (SSSR count). The first-order valence-corrected chi connectivity index (χ1v) is 5.58. The number of hydrogen-bond acceptors (Lipinski definition) is 4. The van der Waals surface area contributed by atoms with Gasteiger partial charge in [0.15, 0.2) is 0 Å². The van der Waals surface area contributed by atoms with Crippen LogP contribution in [0.3, 0.4) is 0 Å². The van der Waals surface area contributed by atoms with Gasteiger partial charge in [0.25, 0.3) is 0 Å². The highest BCUT2D eigenvalue weighted by molar-refractivity contribution is 5.54. The number of rotatable bonds is 5. The SMILES string of the molecule is CC(C)NCOc1cc(-c2ccccn2)[nH]n1. The standard InChI is InChI=1S/C12H16N4O/c1-9(2)14-8-17-12-7-11(15-16-12)10-5-3-4-6-13-10/h3-7,9,14H,8H2,1-2H3,(H,15,16). The Labute approximate surface area is 100 Å². The van der Waals surface area contributed by atoms with Crippen molar-refractivity contribution in [2.24, 2.45) is 0 Å². The number of nitrogens with one attached hydrogen (secondary N) is 2. The van der Waals surface area contributed by atoms with Crippen molar-refractivity contribution in [1.29, 1.82) is 0 Å². The third-order valence-electron chi connectivity index (χ3n) is 2.21. The van der Waals surface area contributed by atoms with Crippen LogP contribution in [0.5, 0.6) is 5.88 Å². The lowest BCUT2D eigenvalue weighted by molar-refractivity contribution is 0.261. The van der Waals surface area contributed by atoms with Crippen LogP contribution in [-0.4, -0.2) is 28.0 Å². The van der Waals surface area contributed by atoms with Gasteiger partial charge < -0.3 is 4.74 Å². The molecule has 2 aromatic heterocycles. The highest BCUT2D eigenvalue weighted by Gasteiger charge is 2.04. The molecule has 2 aromatic rings. The van der Waals surface area contributed by atoms with Crippen molar-refractivity contribution < 1.29 is 4.74 Å². The Morgan fingerprint density at radius 2 is 2.29 bits per heavy atom. The first-order valence-electron chi connectivity index (χ1n) is 5.58. The quantitative estimate of drug-likeness (QED) is 0.772. The van der Waals surface area contributed by atoms with Gasteiger partial charge in [0.1, 0.15) is 6.73 Å². The van der Waals surface area contributed by atoms with E-state index in [1.807, 2.05) is 24.3 Å². The van der Waals surface area contributed by atoms with E-state index in [9.17, 15) is 0 Å². The molecule has 0 fully saturated rings. The van der Waals surface area contributed by atoms with Gasteiger partial charge in [-0.3, -0.25) is 15.4 Å². The zero-order valence-electron chi connectivity index (χ0n) is 9.97. The molecule has 90 valence electrons. The Morgan fingerprint density at radius 1 is 1.41 bits per heavy atom. The van der Waals surface area contributed by atoms with Crippen LogP contribution in [-0.2, 0) is 0 Å². The van der Waals surface area contributed by atoms with Crippen molar-refractivity contribution in [3.63, 3.8) is 0 Å². The predicted molar refractivity (Wildman–Crippen MR) is 65.6 cm³/mol. The molecule has 0 radical (unpaired) electrons. The topological polar surface area (TPSA) is 62.8 Å². The second-order valence-corrected chi connectivity index (χ2v) is 3.98. The largest absolute Gasteiger partial charge is 0.461 e. The van der Waals surface area contributed by atoms with E-state index in [-0.39, 0.29) is 0 Å². The van der Waals surface area contributed by atoms with Crippen LogP contribution in [0.4, 0.5) is 0 Å². The van der Waals surface area contributed by atoms with E-state index in [0.29, 0.717) is 18.7 Å². The Hall–Kier alpha value is -1.88. The summed E-state index contributed by atoms with van der Waals surface area (Å²) in [5.74, 6) is 0.568. The fourth-order valence-corrected chi connectivity index (χ4v) is 1.31. The zero-order chi connectivity index (χ0) is 12.1. The van der Waals surface area contributed by atoms with E-state index < -0.39 is 0 Å². The van der Waals surface area contributed by atoms with Crippen LogP contribution >= 0.6 is 0 Å². The van der Waals surface area contributed by atoms with E-state index in [1.54, 1.807) is 6.20 Å². The Kier molecular flexibility index (Phi) is 3.72. The molecule has 0 unspecified atom stereocenters. The summed E-state index contributed by atoms with van der Waals surface area (Å²) in [6, 6.07) is 7.96. The summed E-state index contributed by atoms with van der Waals surface area (Å²) < 4.78 is 5.44. The molecule has 0 amide bonds. The lowest BCUT2D eigenvalue weighted by atomic mass is 10.3. The number of ether oxygens (including phenoxy) is 1. The minimum absolute atomic E-state index is 0.393. The second-order valence-electron chi connectivity index (χ2n) is 3.98. The molecule has 0 spiro atoms. The van der Waals surface area contributed by atoms with Gasteiger partial charge in [-0.25, -0.2) is 0 Å². The van der Waals surface area contributed by atoms with Crippen LogP contribution in [0.15, 0.2) is 30.5 Å². The van der Waals surface area contributed by atoms with Gasteiger partial charge in [-0.05, 0) is 26.0 Å². The van der Waals surface area contributed by atoms with Crippen LogP contribution in [0.1, 0.15) is 13.8 Å². The second kappa shape index (κ2) is 5.45. The number of aromatic amines is 1. The van der Waals surface area contributed by atoms with Crippen molar-refractivity contribution in [3.8, 4) is 17.3 Å². The van der Waals surface area contributed by atoms with Gasteiger partial charge in [0, 0.05) is 18.3 Å². The Bertz CT molecular complexity index is 453. The van der Waals surface area contributed by atoms with Gasteiger partial charge in [0.2, 0.25) is 5.88 Å². The van der Waals surface area contributed by atoms with Crippen LogP contribution < -0.4 is 10.1 Å². The maximum Gasteiger partial charge on any atom is 0.234 e. The minimum Gasteiger partial charge on any atom is -0.461 e. The van der Waals surface area contributed by atoms with E-state index >= 15 is 0 Å². The number of nitrogens with zero attached hydrogens (tertiary/aromatic N) is 2. The third kappa shape index (κ3) is 3.29. The summed E-state index contributed by atoms with van der Waals surface area (Å²) in [6.45, 7) is 4.57. The van der Waals surface area contributed by atoms with Gasteiger partial charge in [0.05, 0.1) is 11.4 Å². The molecule has 0 atom stereocenters. The van der Waals surface area contributed by atoms with Gasteiger partial charge in [-0.1, -0.05) is 6.07 Å². The number of pyridine rings is 1. The fourth-order valence-electron chi connectivity index (χ4n) is 1.31. The van der Waals surface area contributed by atoms with E-state index in [0.717, 1.165) is 11.4 Å². The summed E-state index contributed by atoms with van der Waals surface area (Å²) in [7, 11) is 0.